The van der Waals surface area contributed by atoms with Gasteiger partial charge in [-0.15, -0.1) is 0 Å². The van der Waals surface area contributed by atoms with Crippen molar-refractivity contribution in [3.8, 4) is 0 Å². The van der Waals surface area contributed by atoms with Gasteiger partial charge in [-0.1, -0.05) is 43.5 Å². The highest BCUT2D eigenvalue weighted by Crippen LogP contribution is 2.20. The van der Waals surface area contributed by atoms with Gasteiger partial charge in [0, 0.05) is 22.6 Å². The summed E-state index contributed by atoms with van der Waals surface area (Å²) in [7, 11) is 0. The molecule has 1 nitrogen and oxygen atoms in total. The normalized spacial score (nSPS) is 12.8. The van der Waals surface area contributed by atoms with E-state index < -0.39 is 0 Å². The van der Waals surface area contributed by atoms with Gasteiger partial charge in [0.2, 0.25) is 0 Å². The molecular formula is C13H19Cl2N. The molecule has 0 aliphatic heterocycles. The molecule has 0 radical (unpaired) electrons. The van der Waals surface area contributed by atoms with E-state index in [4.69, 9.17) is 23.2 Å². The van der Waals surface area contributed by atoms with Crippen LogP contribution in [-0.4, -0.2) is 6.04 Å². The molecule has 0 saturated heterocycles. The van der Waals surface area contributed by atoms with Crippen molar-refractivity contribution in [1.29, 1.82) is 0 Å². The van der Waals surface area contributed by atoms with Crippen LogP contribution in [0.15, 0.2) is 18.2 Å². The summed E-state index contributed by atoms with van der Waals surface area (Å²) >= 11 is 12.0. The van der Waals surface area contributed by atoms with E-state index in [1.807, 2.05) is 18.2 Å². The van der Waals surface area contributed by atoms with Gasteiger partial charge in [0.05, 0.1) is 0 Å². The highest BCUT2D eigenvalue weighted by Gasteiger charge is 2.06. The van der Waals surface area contributed by atoms with Gasteiger partial charge >= 0.3 is 0 Å². The molecule has 0 aromatic heterocycles. The molecule has 1 aromatic carbocycles. The van der Waals surface area contributed by atoms with Crippen LogP contribution in [0.3, 0.4) is 0 Å². The average molecular weight is 260 g/mol. The predicted molar refractivity (Wildman–Crippen MR) is 72.3 cm³/mol. The van der Waals surface area contributed by atoms with Crippen molar-refractivity contribution in [2.24, 2.45) is 0 Å². The predicted octanol–water partition coefficient (Wildman–Crippen LogP) is 4.66. The molecule has 0 aliphatic rings. The van der Waals surface area contributed by atoms with Gasteiger partial charge in [-0.3, -0.25) is 0 Å². The summed E-state index contributed by atoms with van der Waals surface area (Å²) < 4.78 is 0. The minimum Gasteiger partial charge on any atom is -0.310 e. The van der Waals surface area contributed by atoms with Crippen molar-refractivity contribution in [3.63, 3.8) is 0 Å². The second kappa shape index (κ2) is 7.16. The Kier molecular flexibility index (Phi) is 6.18. The summed E-state index contributed by atoms with van der Waals surface area (Å²) in [5.41, 5.74) is 1.07. The van der Waals surface area contributed by atoms with E-state index in [1.165, 1.54) is 12.8 Å². The minimum atomic E-state index is 0.569. The van der Waals surface area contributed by atoms with Crippen LogP contribution in [0.5, 0.6) is 0 Å². The highest BCUT2D eigenvalue weighted by atomic mass is 35.5. The summed E-state index contributed by atoms with van der Waals surface area (Å²) in [6, 6.07) is 6.16. The molecule has 0 aliphatic carbocycles. The van der Waals surface area contributed by atoms with Crippen molar-refractivity contribution in [3.05, 3.63) is 33.8 Å². The van der Waals surface area contributed by atoms with E-state index in [-0.39, 0.29) is 0 Å². The third-order valence-electron chi connectivity index (χ3n) is 2.72. The maximum absolute atomic E-state index is 6.10. The van der Waals surface area contributed by atoms with Crippen molar-refractivity contribution in [1.82, 2.24) is 5.32 Å². The molecule has 3 heteroatoms. The van der Waals surface area contributed by atoms with Crippen LogP contribution < -0.4 is 5.32 Å². The zero-order chi connectivity index (χ0) is 12.0. The summed E-state index contributed by atoms with van der Waals surface area (Å²) in [6.45, 7) is 5.20. The van der Waals surface area contributed by atoms with E-state index in [9.17, 15) is 0 Å². The average Bonchev–Trinajstić information content (AvgIpc) is 2.28. The molecule has 1 atom stereocenters. The van der Waals surface area contributed by atoms with E-state index in [0.717, 1.165) is 28.6 Å². The van der Waals surface area contributed by atoms with Gasteiger partial charge in [0.25, 0.3) is 0 Å². The summed E-state index contributed by atoms with van der Waals surface area (Å²) in [5.74, 6) is 0. The van der Waals surface area contributed by atoms with Gasteiger partial charge in [0.15, 0.2) is 0 Å². The molecule has 1 N–H and O–H groups in total. The van der Waals surface area contributed by atoms with E-state index >= 15 is 0 Å². The molecule has 0 bridgehead atoms. The fraction of sp³-hybridized carbons (Fsp3) is 0.538. The summed E-state index contributed by atoms with van der Waals surface area (Å²) in [5, 5.41) is 5.03. The molecule has 0 heterocycles. The number of benzene rings is 1. The smallest absolute Gasteiger partial charge is 0.0451 e. The fourth-order valence-corrected chi connectivity index (χ4v) is 2.11. The molecule has 0 saturated carbocycles. The number of hydrogen-bond acceptors (Lipinski definition) is 1. The first-order chi connectivity index (χ1) is 7.67. The van der Waals surface area contributed by atoms with E-state index in [1.54, 1.807) is 0 Å². The molecule has 90 valence electrons. The van der Waals surface area contributed by atoms with Gasteiger partial charge in [-0.25, -0.2) is 0 Å². The van der Waals surface area contributed by atoms with E-state index in [0.29, 0.717) is 6.04 Å². The topological polar surface area (TPSA) is 12.0 Å². The first-order valence-electron chi connectivity index (χ1n) is 5.84. The van der Waals surface area contributed by atoms with Crippen molar-refractivity contribution < 1.29 is 0 Å². The van der Waals surface area contributed by atoms with Crippen LogP contribution in [0, 0.1) is 0 Å². The van der Waals surface area contributed by atoms with Crippen LogP contribution in [0.2, 0.25) is 10.0 Å². The lowest BCUT2D eigenvalue weighted by atomic mass is 10.1. The monoisotopic (exact) mass is 259 g/mol. The standard InChI is InChI=1S/C13H19Cl2N/c1-3-5-12(4-2)16-9-10-8-11(14)6-7-13(10)15/h6-8,12,16H,3-5,9H2,1-2H3. The second-order valence-corrected chi connectivity index (χ2v) is 4.85. The molecule has 1 rings (SSSR count). The Balaban J connectivity index is 2.55. The Morgan fingerprint density at radius 1 is 1.25 bits per heavy atom. The van der Waals surface area contributed by atoms with Gasteiger partial charge < -0.3 is 5.32 Å². The molecule has 0 fully saturated rings. The molecule has 1 unspecified atom stereocenters. The SMILES string of the molecule is CCCC(CC)NCc1cc(Cl)ccc1Cl. The van der Waals surface area contributed by atoms with E-state index in [2.05, 4.69) is 19.2 Å². The molecule has 0 spiro atoms. The number of halogens is 2. The van der Waals surface area contributed by atoms with Crippen molar-refractivity contribution in [2.45, 2.75) is 45.7 Å². The largest absolute Gasteiger partial charge is 0.310 e. The number of hydrogen-bond donors (Lipinski definition) is 1. The Morgan fingerprint density at radius 3 is 2.62 bits per heavy atom. The van der Waals surface area contributed by atoms with Gasteiger partial charge in [0.1, 0.15) is 0 Å². The first-order valence-corrected chi connectivity index (χ1v) is 6.60. The summed E-state index contributed by atoms with van der Waals surface area (Å²) in [4.78, 5) is 0. The molecular weight excluding hydrogens is 241 g/mol. The minimum absolute atomic E-state index is 0.569. The van der Waals surface area contributed by atoms with Crippen molar-refractivity contribution in [2.75, 3.05) is 0 Å². The van der Waals surface area contributed by atoms with Crippen LogP contribution in [0.25, 0.3) is 0 Å². The van der Waals surface area contributed by atoms with Gasteiger partial charge in [-0.05, 0) is 36.6 Å². The van der Waals surface area contributed by atoms with Crippen LogP contribution in [0.4, 0.5) is 0 Å². The fourth-order valence-electron chi connectivity index (χ4n) is 1.73. The quantitative estimate of drug-likeness (QED) is 0.784. The first kappa shape index (κ1) is 13.8. The molecule has 1 aromatic rings. The van der Waals surface area contributed by atoms with Crippen LogP contribution >= 0.6 is 23.2 Å². The van der Waals surface area contributed by atoms with Crippen molar-refractivity contribution >= 4 is 23.2 Å². The Morgan fingerprint density at radius 2 is 2.00 bits per heavy atom. The lowest BCUT2D eigenvalue weighted by Crippen LogP contribution is -2.27. The lowest BCUT2D eigenvalue weighted by Gasteiger charge is -2.16. The lowest BCUT2D eigenvalue weighted by molar-refractivity contribution is 0.462. The molecule has 16 heavy (non-hydrogen) atoms. The third kappa shape index (κ3) is 4.32. The van der Waals surface area contributed by atoms with Crippen LogP contribution in [-0.2, 0) is 6.54 Å². The maximum atomic E-state index is 6.10. The Hall–Kier alpha value is -0.240. The zero-order valence-electron chi connectivity index (χ0n) is 9.89. The highest BCUT2D eigenvalue weighted by molar-refractivity contribution is 6.33. The Bertz CT molecular complexity index is 326. The van der Waals surface area contributed by atoms with Crippen LogP contribution in [0.1, 0.15) is 38.7 Å². The number of rotatable bonds is 6. The third-order valence-corrected chi connectivity index (χ3v) is 3.32. The summed E-state index contributed by atoms with van der Waals surface area (Å²) in [6.07, 6.45) is 3.55. The zero-order valence-corrected chi connectivity index (χ0v) is 11.4. The Labute approximate surface area is 108 Å². The maximum Gasteiger partial charge on any atom is 0.0451 e. The number of nitrogens with one attached hydrogen (secondary N) is 1. The second-order valence-electron chi connectivity index (χ2n) is 4.01. The van der Waals surface area contributed by atoms with Gasteiger partial charge in [-0.2, -0.15) is 0 Å². The molecule has 0 amide bonds.